The number of pyridine rings is 1. The van der Waals surface area contributed by atoms with Gasteiger partial charge in [0.25, 0.3) is 0 Å². The van der Waals surface area contributed by atoms with Crippen molar-refractivity contribution in [2.24, 2.45) is 0 Å². The molecule has 5 heteroatoms. The van der Waals surface area contributed by atoms with Gasteiger partial charge in [-0.3, -0.25) is 4.79 Å². The molecule has 0 bridgehead atoms. The minimum Gasteiger partial charge on any atom is -0.381 e. The highest BCUT2D eigenvalue weighted by molar-refractivity contribution is 5.73. The highest BCUT2D eigenvalue weighted by atomic mass is 16.5. The lowest BCUT2D eigenvalue weighted by Gasteiger charge is -2.18. The van der Waals surface area contributed by atoms with Crippen LogP contribution in [-0.2, 0) is 4.74 Å². The molecule has 88 valence electrons. The van der Waals surface area contributed by atoms with E-state index in [-0.39, 0.29) is 0 Å². The molecule has 1 fully saturated rings. The Kier molecular flexibility index (Phi) is 2.60. The Hall–Kier alpha value is -1.75. The van der Waals surface area contributed by atoms with Gasteiger partial charge in [-0.25, -0.2) is 9.50 Å². The first-order valence-electron chi connectivity index (χ1n) is 5.77. The molecule has 1 aliphatic rings. The van der Waals surface area contributed by atoms with Crippen molar-refractivity contribution in [1.29, 1.82) is 0 Å². The second kappa shape index (κ2) is 4.25. The lowest BCUT2D eigenvalue weighted by atomic mass is 10.00. The van der Waals surface area contributed by atoms with E-state index in [0.29, 0.717) is 11.6 Å². The normalized spacial score (nSPS) is 17.4. The highest BCUT2D eigenvalue weighted by Gasteiger charge is 2.20. The van der Waals surface area contributed by atoms with Crippen molar-refractivity contribution in [3.05, 3.63) is 29.7 Å². The molecule has 3 rings (SSSR count). The smallest absolute Gasteiger partial charge is 0.168 e. The maximum absolute atomic E-state index is 10.9. The fraction of sp³-hybridized carbons (Fsp3) is 0.417. The minimum atomic E-state index is 0.350. The van der Waals surface area contributed by atoms with Crippen molar-refractivity contribution in [3.63, 3.8) is 0 Å². The molecule has 3 heterocycles. The molecule has 0 spiro atoms. The molecule has 2 aromatic heterocycles. The molecule has 1 aliphatic heterocycles. The van der Waals surface area contributed by atoms with E-state index in [0.717, 1.165) is 43.8 Å². The van der Waals surface area contributed by atoms with Gasteiger partial charge in [-0.15, -0.1) is 0 Å². The summed E-state index contributed by atoms with van der Waals surface area (Å²) in [4.78, 5) is 15.4. The summed E-state index contributed by atoms with van der Waals surface area (Å²) in [5.41, 5.74) is 1.27. The fourth-order valence-electron chi connectivity index (χ4n) is 2.16. The Bertz CT molecular complexity index is 544. The average molecular weight is 231 g/mol. The van der Waals surface area contributed by atoms with E-state index >= 15 is 0 Å². The number of carbonyl (C=O) groups is 1. The maximum Gasteiger partial charge on any atom is 0.168 e. The summed E-state index contributed by atoms with van der Waals surface area (Å²) >= 11 is 0. The number of aromatic nitrogens is 3. The van der Waals surface area contributed by atoms with Gasteiger partial charge in [0, 0.05) is 19.1 Å². The van der Waals surface area contributed by atoms with E-state index in [4.69, 9.17) is 4.74 Å². The zero-order chi connectivity index (χ0) is 11.7. The van der Waals surface area contributed by atoms with Crippen LogP contribution in [0.15, 0.2) is 18.2 Å². The first-order valence-corrected chi connectivity index (χ1v) is 5.77. The molecule has 0 saturated carbocycles. The number of carbonyl (C=O) groups excluding carboxylic acids is 1. The van der Waals surface area contributed by atoms with Gasteiger partial charge in [0.1, 0.15) is 5.69 Å². The van der Waals surface area contributed by atoms with E-state index in [9.17, 15) is 4.79 Å². The summed E-state index contributed by atoms with van der Waals surface area (Å²) in [6.45, 7) is 1.53. The Labute approximate surface area is 98.4 Å². The van der Waals surface area contributed by atoms with Gasteiger partial charge >= 0.3 is 0 Å². The number of ether oxygens (including phenoxy) is 1. The quantitative estimate of drug-likeness (QED) is 0.734. The van der Waals surface area contributed by atoms with Crippen LogP contribution in [0.5, 0.6) is 0 Å². The van der Waals surface area contributed by atoms with E-state index in [1.807, 2.05) is 12.1 Å². The Balaban J connectivity index is 2.03. The van der Waals surface area contributed by atoms with Crippen LogP contribution in [0, 0.1) is 0 Å². The zero-order valence-corrected chi connectivity index (χ0v) is 9.37. The minimum absolute atomic E-state index is 0.350. The summed E-state index contributed by atoms with van der Waals surface area (Å²) in [5.74, 6) is 1.17. The van der Waals surface area contributed by atoms with Crippen LogP contribution in [0.1, 0.15) is 35.1 Å². The number of hydrogen-bond acceptors (Lipinski definition) is 4. The van der Waals surface area contributed by atoms with Gasteiger partial charge in [-0.1, -0.05) is 6.07 Å². The van der Waals surface area contributed by atoms with Crippen LogP contribution < -0.4 is 0 Å². The second-order valence-corrected chi connectivity index (χ2v) is 4.20. The summed E-state index contributed by atoms with van der Waals surface area (Å²) < 4.78 is 6.93. The van der Waals surface area contributed by atoms with Crippen molar-refractivity contribution in [2.45, 2.75) is 18.8 Å². The van der Waals surface area contributed by atoms with Crippen LogP contribution in [0.2, 0.25) is 0 Å². The molecule has 5 nitrogen and oxygen atoms in total. The number of aldehydes is 1. The van der Waals surface area contributed by atoms with Crippen molar-refractivity contribution in [3.8, 4) is 0 Å². The van der Waals surface area contributed by atoms with Gasteiger partial charge in [0.15, 0.2) is 17.8 Å². The Morgan fingerprint density at radius 3 is 2.94 bits per heavy atom. The van der Waals surface area contributed by atoms with E-state index in [1.165, 1.54) is 0 Å². The lowest BCUT2D eigenvalue weighted by molar-refractivity contribution is 0.0836. The first-order chi connectivity index (χ1) is 8.38. The second-order valence-electron chi connectivity index (χ2n) is 4.20. The molecule has 0 amide bonds. The third-order valence-electron chi connectivity index (χ3n) is 3.11. The van der Waals surface area contributed by atoms with Gasteiger partial charge in [-0.05, 0) is 25.0 Å². The van der Waals surface area contributed by atoms with E-state index in [1.54, 1.807) is 10.6 Å². The SMILES string of the molecule is O=Cc1cccc2nc(C3CCOCC3)nn12. The van der Waals surface area contributed by atoms with Crippen LogP contribution in [0.3, 0.4) is 0 Å². The monoisotopic (exact) mass is 231 g/mol. The van der Waals surface area contributed by atoms with Gasteiger partial charge < -0.3 is 4.74 Å². The largest absolute Gasteiger partial charge is 0.381 e. The average Bonchev–Trinajstić information content (AvgIpc) is 2.83. The summed E-state index contributed by atoms with van der Waals surface area (Å²) in [6, 6.07) is 5.42. The van der Waals surface area contributed by atoms with Gasteiger partial charge in [0.05, 0.1) is 0 Å². The predicted molar refractivity (Wildman–Crippen MR) is 61.2 cm³/mol. The highest BCUT2D eigenvalue weighted by Crippen LogP contribution is 2.24. The van der Waals surface area contributed by atoms with Crippen molar-refractivity contribution < 1.29 is 9.53 Å². The molecule has 0 radical (unpaired) electrons. The summed E-state index contributed by atoms with van der Waals surface area (Å²) in [6.07, 6.45) is 2.70. The summed E-state index contributed by atoms with van der Waals surface area (Å²) in [7, 11) is 0. The van der Waals surface area contributed by atoms with Gasteiger partial charge in [0.2, 0.25) is 0 Å². The third-order valence-corrected chi connectivity index (χ3v) is 3.11. The topological polar surface area (TPSA) is 56.5 Å². The van der Waals surface area contributed by atoms with Crippen LogP contribution in [-0.4, -0.2) is 34.1 Å². The summed E-state index contributed by atoms with van der Waals surface area (Å²) in [5, 5.41) is 4.43. The molecule has 0 N–H and O–H groups in total. The first kappa shape index (κ1) is 10.4. The number of fused-ring (bicyclic) bond motifs is 1. The standard InChI is InChI=1S/C12H13N3O2/c16-8-10-2-1-3-11-13-12(14-15(10)11)9-4-6-17-7-5-9/h1-3,8-9H,4-7H2. The van der Waals surface area contributed by atoms with Crippen molar-refractivity contribution in [2.75, 3.05) is 13.2 Å². The third kappa shape index (κ3) is 1.82. The Morgan fingerprint density at radius 1 is 1.35 bits per heavy atom. The molecule has 17 heavy (non-hydrogen) atoms. The van der Waals surface area contributed by atoms with E-state index < -0.39 is 0 Å². The molecule has 0 aliphatic carbocycles. The molecular weight excluding hydrogens is 218 g/mol. The number of nitrogens with zero attached hydrogens (tertiary/aromatic N) is 3. The zero-order valence-electron chi connectivity index (χ0n) is 9.37. The molecule has 0 unspecified atom stereocenters. The van der Waals surface area contributed by atoms with Crippen molar-refractivity contribution >= 4 is 11.9 Å². The fourth-order valence-corrected chi connectivity index (χ4v) is 2.16. The molecular formula is C12H13N3O2. The van der Waals surface area contributed by atoms with E-state index in [2.05, 4.69) is 10.1 Å². The molecule has 2 aromatic rings. The van der Waals surface area contributed by atoms with Gasteiger partial charge in [-0.2, -0.15) is 5.10 Å². The molecule has 0 aromatic carbocycles. The van der Waals surface area contributed by atoms with Crippen LogP contribution in [0.4, 0.5) is 0 Å². The molecule has 1 saturated heterocycles. The Morgan fingerprint density at radius 2 is 2.18 bits per heavy atom. The predicted octanol–water partition coefficient (Wildman–Crippen LogP) is 1.44. The van der Waals surface area contributed by atoms with Crippen LogP contribution >= 0.6 is 0 Å². The number of hydrogen-bond donors (Lipinski definition) is 0. The maximum atomic E-state index is 10.9. The number of rotatable bonds is 2. The lowest BCUT2D eigenvalue weighted by Crippen LogP contribution is -2.15. The van der Waals surface area contributed by atoms with Crippen molar-refractivity contribution in [1.82, 2.24) is 14.6 Å². The molecule has 0 atom stereocenters. The van der Waals surface area contributed by atoms with Crippen LogP contribution in [0.25, 0.3) is 5.65 Å².